The predicted molar refractivity (Wildman–Crippen MR) is 80.0 cm³/mol. The highest BCUT2D eigenvalue weighted by Gasteiger charge is 2.19. The van der Waals surface area contributed by atoms with E-state index in [2.05, 4.69) is 0 Å². The van der Waals surface area contributed by atoms with Crippen molar-refractivity contribution >= 4 is 11.4 Å². The Morgan fingerprint density at radius 1 is 0.545 bits per heavy atom. The molecule has 0 spiro atoms. The molecule has 2 aromatic rings. The first-order chi connectivity index (χ1) is 10.5. The summed E-state index contributed by atoms with van der Waals surface area (Å²) < 4.78 is 53.3. The van der Waals surface area contributed by atoms with Gasteiger partial charge in [0.25, 0.3) is 0 Å². The number of nitrogens with two attached hydrogens (primary N) is 2. The van der Waals surface area contributed by atoms with Gasteiger partial charge in [0.1, 0.15) is 26.7 Å². The van der Waals surface area contributed by atoms with E-state index in [-0.39, 0.29) is 44.8 Å². The van der Waals surface area contributed by atoms with Crippen LogP contribution in [-0.4, -0.2) is 0 Å². The van der Waals surface area contributed by atoms with E-state index in [4.69, 9.17) is 11.5 Å². The second kappa shape index (κ2) is 6.68. The zero-order valence-electron chi connectivity index (χ0n) is 11.8. The van der Waals surface area contributed by atoms with Crippen molar-refractivity contribution in [1.29, 1.82) is 0 Å². The van der Waals surface area contributed by atoms with Crippen LogP contribution in [0.25, 0.3) is 11.1 Å². The molecule has 6 heteroatoms. The van der Waals surface area contributed by atoms with E-state index < -0.39 is 26.7 Å². The first-order valence-corrected chi connectivity index (χ1v) is 6.62. The summed E-state index contributed by atoms with van der Waals surface area (Å²) in [5.74, 6) is 0. The van der Waals surface area contributed by atoms with Crippen LogP contribution in [0.5, 0.6) is 0 Å². The van der Waals surface area contributed by atoms with Crippen LogP contribution < -0.4 is 11.5 Å². The molecule has 0 amide bonds. The zero-order valence-corrected chi connectivity index (χ0v) is 11.8. The molecule has 0 radical (unpaired) electrons. The van der Waals surface area contributed by atoms with Crippen LogP contribution in [0.3, 0.4) is 0 Å². The molecule has 0 saturated carbocycles. The molecule has 118 valence electrons. The molecule has 0 aromatic heterocycles. The van der Waals surface area contributed by atoms with Crippen LogP contribution in [0.2, 0.25) is 0 Å². The van der Waals surface area contributed by atoms with Crippen LogP contribution in [0, 0.1) is 0 Å². The minimum Gasteiger partial charge on any atom is -0.399 e. The van der Waals surface area contributed by atoms with Gasteiger partial charge in [-0.2, -0.15) is 0 Å². The van der Waals surface area contributed by atoms with Crippen molar-refractivity contribution in [1.82, 2.24) is 0 Å². The Kier molecular flexibility index (Phi) is 4.90. The van der Waals surface area contributed by atoms with Crippen molar-refractivity contribution in [2.24, 2.45) is 0 Å². The van der Waals surface area contributed by atoms with Crippen LogP contribution in [0.1, 0.15) is 22.3 Å². The van der Waals surface area contributed by atoms with E-state index in [1.165, 1.54) is 24.3 Å². The molecule has 0 bridgehead atoms. The zero-order chi connectivity index (χ0) is 16.3. The Hall–Kier alpha value is -2.24. The van der Waals surface area contributed by atoms with Gasteiger partial charge in [-0.15, -0.1) is 0 Å². The van der Waals surface area contributed by atoms with Crippen LogP contribution >= 0.6 is 0 Å². The number of benzene rings is 2. The largest absolute Gasteiger partial charge is 0.399 e. The van der Waals surface area contributed by atoms with Gasteiger partial charge in [-0.3, -0.25) is 0 Å². The topological polar surface area (TPSA) is 52.0 Å². The van der Waals surface area contributed by atoms with Gasteiger partial charge in [-0.1, -0.05) is 0 Å². The minimum absolute atomic E-state index is 0.0989. The highest BCUT2D eigenvalue weighted by molar-refractivity contribution is 5.80. The summed E-state index contributed by atoms with van der Waals surface area (Å²) in [4.78, 5) is 0. The smallest absolute Gasteiger partial charge is 0.115 e. The number of alkyl halides is 4. The van der Waals surface area contributed by atoms with Crippen molar-refractivity contribution in [3.63, 3.8) is 0 Å². The van der Waals surface area contributed by atoms with E-state index >= 15 is 0 Å². The van der Waals surface area contributed by atoms with E-state index in [9.17, 15) is 17.6 Å². The van der Waals surface area contributed by atoms with Gasteiger partial charge in [0.05, 0.1) is 0 Å². The summed E-state index contributed by atoms with van der Waals surface area (Å²) in [6.07, 6.45) is 0. The molecule has 4 N–H and O–H groups in total. The molecular weight excluding hydrogens is 296 g/mol. The van der Waals surface area contributed by atoms with Crippen LogP contribution in [0.4, 0.5) is 28.9 Å². The molecule has 0 saturated heterocycles. The molecular formula is C16H16F4N2. The number of nitrogen functional groups attached to an aromatic ring is 2. The fourth-order valence-electron chi connectivity index (χ4n) is 2.65. The molecule has 2 rings (SSSR count). The maximum Gasteiger partial charge on any atom is 0.115 e. The van der Waals surface area contributed by atoms with Crippen molar-refractivity contribution < 1.29 is 17.6 Å². The van der Waals surface area contributed by atoms with Gasteiger partial charge in [0, 0.05) is 11.4 Å². The summed E-state index contributed by atoms with van der Waals surface area (Å²) in [6, 6.07) is 5.37. The van der Waals surface area contributed by atoms with Gasteiger partial charge in [-0.25, -0.2) is 17.6 Å². The van der Waals surface area contributed by atoms with E-state index in [1.807, 2.05) is 0 Å². The molecule has 2 nitrogen and oxygen atoms in total. The second-order valence-corrected chi connectivity index (χ2v) is 4.96. The van der Waals surface area contributed by atoms with Crippen molar-refractivity contribution in [2.75, 3.05) is 11.5 Å². The van der Waals surface area contributed by atoms with Crippen LogP contribution in [-0.2, 0) is 26.7 Å². The molecule has 0 atom stereocenters. The molecule has 0 aliphatic heterocycles. The van der Waals surface area contributed by atoms with E-state index in [0.717, 1.165) is 0 Å². The Balaban J connectivity index is 2.86. The summed E-state index contributed by atoms with van der Waals surface area (Å²) in [5.41, 5.74) is 12.3. The van der Waals surface area contributed by atoms with Crippen molar-refractivity contribution in [2.45, 2.75) is 26.7 Å². The molecule has 2 aromatic carbocycles. The quantitative estimate of drug-likeness (QED) is 0.635. The van der Waals surface area contributed by atoms with Crippen LogP contribution in [0.15, 0.2) is 24.3 Å². The standard InChI is InChI=1S/C16H16F4N2/c17-5-9-1-13(21)2-10(6-18)15(9)16-11(7-19)3-14(22)4-12(16)8-20/h1-4H,5-8,21-22H2. The normalized spacial score (nSPS) is 10.9. The summed E-state index contributed by atoms with van der Waals surface area (Å²) in [7, 11) is 0. The van der Waals surface area contributed by atoms with Gasteiger partial charge in [0.2, 0.25) is 0 Å². The van der Waals surface area contributed by atoms with Gasteiger partial charge in [0.15, 0.2) is 0 Å². The summed E-state index contributed by atoms with van der Waals surface area (Å²) in [6.45, 7) is -3.69. The minimum atomic E-state index is -0.921. The SMILES string of the molecule is Nc1cc(CF)c(-c2c(CF)cc(N)cc2CF)c(CF)c1. The van der Waals surface area contributed by atoms with Gasteiger partial charge < -0.3 is 11.5 Å². The highest BCUT2D eigenvalue weighted by atomic mass is 19.1. The van der Waals surface area contributed by atoms with Crippen molar-refractivity contribution in [3.05, 3.63) is 46.5 Å². The highest BCUT2D eigenvalue weighted by Crippen LogP contribution is 2.38. The molecule has 22 heavy (non-hydrogen) atoms. The third kappa shape index (κ3) is 2.86. The fourth-order valence-corrected chi connectivity index (χ4v) is 2.65. The number of halogens is 4. The number of hydrogen-bond acceptors (Lipinski definition) is 2. The third-order valence-electron chi connectivity index (χ3n) is 3.47. The van der Waals surface area contributed by atoms with E-state index in [0.29, 0.717) is 0 Å². The summed E-state index contributed by atoms with van der Waals surface area (Å²) >= 11 is 0. The summed E-state index contributed by atoms with van der Waals surface area (Å²) in [5, 5.41) is 0. The molecule has 0 aliphatic carbocycles. The second-order valence-electron chi connectivity index (χ2n) is 4.96. The number of rotatable bonds is 5. The first-order valence-electron chi connectivity index (χ1n) is 6.62. The fraction of sp³-hybridized carbons (Fsp3) is 0.250. The molecule has 0 fully saturated rings. The Bertz CT molecular complexity index is 576. The molecule has 0 heterocycles. The third-order valence-corrected chi connectivity index (χ3v) is 3.47. The monoisotopic (exact) mass is 312 g/mol. The Labute approximate surface area is 125 Å². The number of anilines is 2. The molecule has 0 unspecified atom stereocenters. The van der Waals surface area contributed by atoms with Gasteiger partial charge >= 0.3 is 0 Å². The predicted octanol–water partition coefficient (Wildman–Crippen LogP) is 4.40. The average molecular weight is 312 g/mol. The lowest BCUT2D eigenvalue weighted by molar-refractivity contribution is 0.470. The maximum absolute atomic E-state index is 13.3. The van der Waals surface area contributed by atoms with Gasteiger partial charge in [-0.05, 0) is 57.6 Å². The average Bonchev–Trinajstić information content (AvgIpc) is 2.53. The van der Waals surface area contributed by atoms with Crippen molar-refractivity contribution in [3.8, 4) is 11.1 Å². The van der Waals surface area contributed by atoms with E-state index in [1.54, 1.807) is 0 Å². The molecule has 0 aliphatic rings. The lowest BCUT2D eigenvalue weighted by Crippen LogP contribution is -2.03. The lowest BCUT2D eigenvalue weighted by atomic mass is 9.88. The Morgan fingerprint density at radius 3 is 0.955 bits per heavy atom. The lowest BCUT2D eigenvalue weighted by Gasteiger charge is -2.19. The Morgan fingerprint density at radius 2 is 0.773 bits per heavy atom. The maximum atomic E-state index is 13.3. The number of hydrogen-bond donors (Lipinski definition) is 2. The first kappa shape index (κ1) is 16.1.